The molecule has 0 aliphatic heterocycles. The van der Waals surface area contributed by atoms with Crippen LogP contribution in [0.25, 0.3) is 0 Å². The molecule has 2 heterocycles. The van der Waals surface area contributed by atoms with E-state index >= 15 is 0 Å². The number of nitrogens with zero attached hydrogens (tertiary/aromatic N) is 2. The molecule has 0 fully saturated rings. The summed E-state index contributed by atoms with van der Waals surface area (Å²) in [5, 5.41) is 11.4. The van der Waals surface area contributed by atoms with Crippen LogP contribution in [0.4, 0.5) is 0 Å². The van der Waals surface area contributed by atoms with Crippen molar-refractivity contribution in [1.29, 1.82) is 0 Å². The lowest BCUT2D eigenvalue weighted by Crippen LogP contribution is -2.27. The van der Waals surface area contributed by atoms with E-state index < -0.39 is 5.97 Å². The molecular formula is C14H19N3O2S. The van der Waals surface area contributed by atoms with Gasteiger partial charge in [0.15, 0.2) is 5.69 Å². The molecular weight excluding hydrogens is 274 g/mol. The molecule has 2 aromatic heterocycles. The Balaban J connectivity index is 2.28. The van der Waals surface area contributed by atoms with Crippen LogP contribution in [-0.4, -0.2) is 39.5 Å². The molecule has 1 unspecified atom stereocenters. The maximum atomic E-state index is 11.0. The maximum Gasteiger partial charge on any atom is 0.355 e. The summed E-state index contributed by atoms with van der Waals surface area (Å²) < 4.78 is 0. The van der Waals surface area contributed by atoms with Crippen LogP contribution in [-0.2, 0) is 0 Å². The van der Waals surface area contributed by atoms with Gasteiger partial charge in [-0.25, -0.2) is 9.78 Å². The number of rotatable bonds is 7. The molecule has 0 bridgehead atoms. The first kappa shape index (κ1) is 14.7. The highest BCUT2D eigenvalue weighted by Gasteiger charge is 2.24. The van der Waals surface area contributed by atoms with Gasteiger partial charge in [-0.3, -0.25) is 4.90 Å². The van der Waals surface area contributed by atoms with E-state index in [1.165, 1.54) is 11.3 Å². The van der Waals surface area contributed by atoms with Gasteiger partial charge in [0.1, 0.15) is 11.0 Å². The molecule has 2 aromatic rings. The number of H-pyrrole nitrogens is 1. The Labute approximate surface area is 122 Å². The standard InChI is InChI=1S/C14H19N3O2S/c1-3-4-8-17(2)12(10-6-5-7-15-10)13-16-11(9-20-13)14(18)19/h5-7,9,12,15H,3-4,8H2,1-2H3,(H,18,19). The summed E-state index contributed by atoms with van der Waals surface area (Å²) in [5.74, 6) is -0.978. The van der Waals surface area contributed by atoms with Gasteiger partial charge in [-0.15, -0.1) is 11.3 Å². The number of carbonyl (C=O) groups is 1. The lowest BCUT2D eigenvalue weighted by atomic mass is 10.2. The van der Waals surface area contributed by atoms with E-state index in [-0.39, 0.29) is 11.7 Å². The second-order valence-electron chi connectivity index (χ2n) is 4.74. The van der Waals surface area contributed by atoms with E-state index in [2.05, 4.69) is 21.8 Å². The highest BCUT2D eigenvalue weighted by Crippen LogP contribution is 2.29. The van der Waals surface area contributed by atoms with E-state index in [0.29, 0.717) is 0 Å². The molecule has 2 N–H and O–H groups in total. The molecule has 5 nitrogen and oxygen atoms in total. The summed E-state index contributed by atoms with van der Waals surface area (Å²) in [6.07, 6.45) is 4.10. The molecule has 2 rings (SSSR count). The summed E-state index contributed by atoms with van der Waals surface area (Å²) in [5.41, 5.74) is 1.15. The van der Waals surface area contributed by atoms with Crippen molar-refractivity contribution in [1.82, 2.24) is 14.9 Å². The predicted octanol–water partition coefficient (Wildman–Crippen LogP) is 2.99. The van der Waals surface area contributed by atoms with Crippen LogP contribution < -0.4 is 0 Å². The molecule has 0 saturated carbocycles. The van der Waals surface area contributed by atoms with E-state index in [9.17, 15) is 4.79 Å². The Bertz CT molecular complexity index is 551. The zero-order valence-corrected chi connectivity index (χ0v) is 12.5. The van der Waals surface area contributed by atoms with E-state index in [4.69, 9.17) is 5.11 Å². The smallest absolute Gasteiger partial charge is 0.355 e. The van der Waals surface area contributed by atoms with Gasteiger partial charge in [0.25, 0.3) is 0 Å². The number of hydrogen-bond donors (Lipinski definition) is 2. The fourth-order valence-electron chi connectivity index (χ4n) is 2.12. The summed E-state index contributed by atoms with van der Waals surface area (Å²) >= 11 is 1.39. The lowest BCUT2D eigenvalue weighted by Gasteiger charge is -2.25. The van der Waals surface area contributed by atoms with Gasteiger partial charge in [0, 0.05) is 17.3 Å². The number of nitrogens with one attached hydrogen (secondary N) is 1. The molecule has 0 spiro atoms. The predicted molar refractivity (Wildman–Crippen MR) is 79.2 cm³/mol. The summed E-state index contributed by atoms with van der Waals surface area (Å²) in [7, 11) is 2.04. The Kier molecular flexibility index (Phi) is 4.92. The van der Waals surface area contributed by atoms with Crippen molar-refractivity contribution in [2.75, 3.05) is 13.6 Å². The van der Waals surface area contributed by atoms with Crippen molar-refractivity contribution in [2.24, 2.45) is 0 Å². The molecule has 6 heteroatoms. The average Bonchev–Trinajstić information content (AvgIpc) is 3.08. The molecule has 1 atom stereocenters. The first-order chi connectivity index (χ1) is 9.63. The summed E-state index contributed by atoms with van der Waals surface area (Å²) in [6.45, 7) is 3.10. The normalized spacial score (nSPS) is 12.8. The van der Waals surface area contributed by atoms with Crippen molar-refractivity contribution >= 4 is 17.3 Å². The number of carboxylic acids is 1. The van der Waals surface area contributed by atoms with Gasteiger partial charge >= 0.3 is 5.97 Å². The highest BCUT2D eigenvalue weighted by atomic mass is 32.1. The van der Waals surface area contributed by atoms with Crippen molar-refractivity contribution in [3.8, 4) is 0 Å². The highest BCUT2D eigenvalue weighted by molar-refractivity contribution is 7.09. The van der Waals surface area contributed by atoms with E-state index in [1.807, 2.05) is 25.4 Å². The van der Waals surface area contributed by atoms with Crippen LogP contribution in [0.1, 0.15) is 47.0 Å². The van der Waals surface area contributed by atoms with Gasteiger partial charge in [-0.1, -0.05) is 13.3 Å². The zero-order valence-electron chi connectivity index (χ0n) is 11.7. The van der Waals surface area contributed by atoms with E-state index in [1.54, 1.807) is 5.38 Å². The van der Waals surface area contributed by atoms with Crippen molar-refractivity contribution in [2.45, 2.75) is 25.8 Å². The maximum absolute atomic E-state index is 11.0. The number of hydrogen-bond acceptors (Lipinski definition) is 4. The summed E-state index contributed by atoms with van der Waals surface area (Å²) in [4.78, 5) is 20.7. The fourth-order valence-corrected chi connectivity index (χ4v) is 3.09. The third-order valence-electron chi connectivity index (χ3n) is 3.20. The summed E-state index contributed by atoms with van der Waals surface area (Å²) in [6, 6.07) is 3.94. The Morgan fingerprint density at radius 3 is 2.95 bits per heavy atom. The van der Waals surface area contributed by atoms with Crippen LogP contribution in [0.3, 0.4) is 0 Å². The first-order valence-electron chi connectivity index (χ1n) is 6.65. The monoisotopic (exact) mass is 293 g/mol. The fraction of sp³-hybridized carbons (Fsp3) is 0.429. The molecule has 20 heavy (non-hydrogen) atoms. The van der Waals surface area contributed by atoms with Crippen molar-refractivity contribution < 1.29 is 9.90 Å². The van der Waals surface area contributed by atoms with Crippen LogP contribution in [0.5, 0.6) is 0 Å². The SMILES string of the molecule is CCCCN(C)C(c1ccc[nH]1)c1nc(C(=O)O)cs1. The number of aromatic carboxylic acids is 1. The van der Waals surface area contributed by atoms with Gasteiger partial charge < -0.3 is 10.1 Å². The van der Waals surface area contributed by atoms with Crippen LogP contribution in [0.15, 0.2) is 23.7 Å². The van der Waals surface area contributed by atoms with Gasteiger partial charge in [-0.2, -0.15) is 0 Å². The minimum absolute atomic E-state index is 0.0188. The van der Waals surface area contributed by atoms with Crippen molar-refractivity contribution in [3.63, 3.8) is 0 Å². The molecule has 0 aromatic carbocycles. The molecule has 0 aliphatic carbocycles. The minimum atomic E-state index is -0.978. The Morgan fingerprint density at radius 1 is 1.60 bits per heavy atom. The van der Waals surface area contributed by atoms with Crippen LogP contribution in [0, 0.1) is 0 Å². The third kappa shape index (κ3) is 3.26. The number of thiazole rings is 1. The van der Waals surface area contributed by atoms with Crippen molar-refractivity contribution in [3.05, 3.63) is 40.1 Å². The number of carboxylic acid groups (broad SMARTS) is 1. The third-order valence-corrected chi connectivity index (χ3v) is 4.09. The van der Waals surface area contributed by atoms with Crippen LogP contribution in [0.2, 0.25) is 0 Å². The Morgan fingerprint density at radius 2 is 2.40 bits per heavy atom. The van der Waals surface area contributed by atoms with Crippen LogP contribution >= 0.6 is 11.3 Å². The van der Waals surface area contributed by atoms with E-state index in [0.717, 1.165) is 30.1 Å². The largest absolute Gasteiger partial charge is 0.476 e. The molecule has 0 radical (unpaired) electrons. The van der Waals surface area contributed by atoms with Gasteiger partial charge in [0.2, 0.25) is 0 Å². The Hall–Kier alpha value is -1.66. The quantitative estimate of drug-likeness (QED) is 0.823. The topological polar surface area (TPSA) is 69.2 Å². The second kappa shape index (κ2) is 6.67. The molecule has 108 valence electrons. The molecule has 0 aliphatic rings. The number of aromatic amines is 1. The second-order valence-corrected chi connectivity index (χ2v) is 5.63. The molecule has 0 saturated heterocycles. The number of unbranched alkanes of at least 4 members (excludes halogenated alkanes) is 1. The number of aromatic nitrogens is 2. The van der Waals surface area contributed by atoms with Gasteiger partial charge in [0.05, 0.1) is 0 Å². The van der Waals surface area contributed by atoms with Gasteiger partial charge in [-0.05, 0) is 32.1 Å². The minimum Gasteiger partial charge on any atom is -0.476 e. The lowest BCUT2D eigenvalue weighted by molar-refractivity contribution is 0.0691. The first-order valence-corrected chi connectivity index (χ1v) is 7.53. The molecule has 0 amide bonds. The average molecular weight is 293 g/mol. The zero-order chi connectivity index (χ0) is 14.5.